The average molecular weight is 401 g/mol. The lowest BCUT2D eigenvalue weighted by Gasteiger charge is -2.04. The fourth-order valence-corrected chi connectivity index (χ4v) is 2.26. The fourth-order valence-electron chi connectivity index (χ4n) is 2.13. The van der Waals surface area contributed by atoms with Gasteiger partial charge in [0.2, 0.25) is 0 Å². The minimum Gasteiger partial charge on any atom is -0.464 e. The molecule has 0 N–H and O–H groups in total. The molecule has 28 heavy (non-hydrogen) atoms. The van der Waals surface area contributed by atoms with Crippen LogP contribution >= 0.6 is 11.6 Å². The van der Waals surface area contributed by atoms with E-state index in [-0.39, 0.29) is 22.8 Å². The van der Waals surface area contributed by atoms with Gasteiger partial charge in [0.25, 0.3) is 0 Å². The van der Waals surface area contributed by atoms with Crippen molar-refractivity contribution >= 4 is 35.7 Å². The standard InChI is InChI=1S/C17H13ClN6O4/c1-27-16(25)13-9-10(15(21-19-13)17(26)28-2)3-8-14-20-23-24(22-14)12-6-4-11(18)5-7-12/h3-9H,1-2H3/b8-3-. The first-order valence-corrected chi connectivity index (χ1v) is 8.18. The molecule has 0 saturated heterocycles. The summed E-state index contributed by atoms with van der Waals surface area (Å²) in [6.45, 7) is 0. The van der Waals surface area contributed by atoms with E-state index in [1.54, 1.807) is 24.3 Å². The zero-order valence-electron chi connectivity index (χ0n) is 14.7. The third-order valence-electron chi connectivity index (χ3n) is 3.50. The quantitative estimate of drug-likeness (QED) is 0.590. The third-order valence-corrected chi connectivity index (χ3v) is 3.75. The van der Waals surface area contributed by atoms with E-state index in [0.717, 1.165) is 0 Å². The number of hydrogen-bond donors (Lipinski definition) is 0. The molecular weight excluding hydrogens is 388 g/mol. The molecule has 0 bridgehead atoms. The predicted octanol–water partition coefficient (Wildman–Crippen LogP) is 1.85. The summed E-state index contributed by atoms with van der Waals surface area (Å²) in [6.07, 6.45) is 3.00. The van der Waals surface area contributed by atoms with Gasteiger partial charge in [0.1, 0.15) is 0 Å². The summed E-state index contributed by atoms with van der Waals surface area (Å²) in [6, 6.07) is 8.24. The molecule has 3 aromatic rings. The largest absolute Gasteiger partial charge is 0.464 e. The molecule has 10 nitrogen and oxygen atoms in total. The number of rotatable bonds is 5. The molecule has 0 aliphatic rings. The van der Waals surface area contributed by atoms with Gasteiger partial charge >= 0.3 is 11.9 Å². The Hall–Kier alpha value is -3.66. The van der Waals surface area contributed by atoms with E-state index in [1.165, 1.54) is 37.2 Å². The molecule has 0 spiro atoms. The zero-order valence-corrected chi connectivity index (χ0v) is 15.5. The summed E-state index contributed by atoms with van der Waals surface area (Å²) in [5, 5.41) is 20.1. The van der Waals surface area contributed by atoms with Gasteiger partial charge in [-0.2, -0.15) is 0 Å². The van der Waals surface area contributed by atoms with Gasteiger partial charge in [0, 0.05) is 10.6 Å². The minimum atomic E-state index is -0.707. The molecule has 3 rings (SSSR count). The van der Waals surface area contributed by atoms with E-state index >= 15 is 0 Å². The molecule has 1 aromatic carbocycles. The number of benzene rings is 1. The number of hydrogen-bond acceptors (Lipinski definition) is 9. The Balaban J connectivity index is 1.91. The Kier molecular flexibility index (Phi) is 5.70. The smallest absolute Gasteiger partial charge is 0.359 e. The average Bonchev–Trinajstić information content (AvgIpc) is 3.20. The highest BCUT2D eigenvalue weighted by Crippen LogP contribution is 2.14. The zero-order chi connectivity index (χ0) is 20.1. The number of esters is 2. The Morgan fingerprint density at radius 3 is 2.39 bits per heavy atom. The van der Waals surface area contributed by atoms with Crippen molar-refractivity contribution in [2.24, 2.45) is 0 Å². The Morgan fingerprint density at radius 1 is 1.00 bits per heavy atom. The summed E-state index contributed by atoms with van der Waals surface area (Å²) >= 11 is 5.86. The van der Waals surface area contributed by atoms with Crippen molar-refractivity contribution in [3.05, 3.63) is 58.1 Å². The van der Waals surface area contributed by atoms with Crippen molar-refractivity contribution in [1.82, 2.24) is 30.4 Å². The van der Waals surface area contributed by atoms with Gasteiger partial charge in [0.15, 0.2) is 17.2 Å². The van der Waals surface area contributed by atoms with Crippen molar-refractivity contribution in [1.29, 1.82) is 0 Å². The number of carbonyl (C=O) groups is 2. The molecule has 11 heteroatoms. The first-order chi connectivity index (χ1) is 13.5. The van der Waals surface area contributed by atoms with Crippen LogP contribution in [0.5, 0.6) is 0 Å². The van der Waals surface area contributed by atoms with Crippen LogP contribution in [-0.2, 0) is 9.47 Å². The van der Waals surface area contributed by atoms with Crippen molar-refractivity contribution < 1.29 is 19.1 Å². The molecule has 0 aliphatic carbocycles. The van der Waals surface area contributed by atoms with Gasteiger partial charge in [-0.05, 0) is 47.7 Å². The second-order valence-electron chi connectivity index (χ2n) is 5.26. The Morgan fingerprint density at radius 2 is 1.71 bits per heavy atom. The maximum Gasteiger partial charge on any atom is 0.359 e. The monoisotopic (exact) mass is 400 g/mol. The van der Waals surface area contributed by atoms with Crippen LogP contribution in [0.15, 0.2) is 30.3 Å². The van der Waals surface area contributed by atoms with Crippen molar-refractivity contribution in [2.75, 3.05) is 14.2 Å². The van der Waals surface area contributed by atoms with Gasteiger partial charge in [-0.25, -0.2) is 9.59 Å². The van der Waals surface area contributed by atoms with E-state index in [1.807, 2.05) is 0 Å². The van der Waals surface area contributed by atoms with Crippen LogP contribution < -0.4 is 0 Å². The summed E-state index contributed by atoms with van der Waals surface area (Å²) in [5.74, 6) is -1.13. The number of nitrogens with zero attached hydrogens (tertiary/aromatic N) is 6. The van der Waals surface area contributed by atoms with Gasteiger partial charge in [-0.15, -0.1) is 25.2 Å². The molecule has 0 aliphatic heterocycles. The molecular formula is C17H13ClN6O4. The van der Waals surface area contributed by atoms with Gasteiger partial charge in [0.05, 0.1) is 19.9 Å². The van der Waals surface area contributed by atoms with E-state index in [0.29, 0.717) is 10.7 Å². The number of aromatic nitrogens is 6. The molecule has 0 saturated carbocycles. The van der Waals surface area contributed by atoms with E-state index in [2.05, 4.69) is 35.1 Å². The molecule has 0 unspecified atom stereocenters. The summed E-state index contributed by atoms with van der Waals surface area (Å²) in [4.78, 5) is 24.9. The maximum absolute atomic E-state index is 11.9. The second-order valence-corrected chi connectivity index (χ2v) is 5.70. The van der Waals surface area contributed by atoms with Crippen LogP contribution in [0.3, 0.4) is 0 Å². The van der Waals surface area contributed by atoms with Crippen LogP contribution in [0.4, 0.5) is 0 Å². The summed E-state index contributed by atoms with van der Waals surface area (Å²) < 4.78 is 9.29. The van der Waals surface area contributed by atoms with Gasteiger partial charge in [-0.3, -0.25) is 0 Å². The van der Waals surface area contributed by atoms with Crippen molar-refractivity contribution in [3.8, 4) is 5.69 Å². The first-order valence-electron chi connectivity index (χ1n) is 7.80. The summed E-state index contributed by atoms with van der Waals surface area (Å²) in [5.41, 5.74) is 0.819. The van der Waals surface area contributed by atoms with E-state index in [9.17, 15) is 9.59 Å². The third kappa shape index (κ3) is 4.18. The van der Waals surface area contributed by atoms with E-state index < -0.39 is 11.9 Å². The van der Waals surface area contributed by atoms with Crippen LogP contribution in [0.2, 0.25) is 5.02 Å². The molecule has 0 fully saturated rings. The van der Waals surface area contributed by atoms with Crippen molar-refractivity contribution in [3.63, 3.8) is 0 Å². The highest BCUT2D eigenvalue weighted by atomic mass is 35.5. The lowest BCUT2D eigenvalue weighted by atomic mass is 10.1. The van der Waals surface area contributed by atoms with Crippen LogP contribution in [-0.4, -0.2) is 56.6 Å². The molecule has 0 radical (unpaired) electrons. The minimum absolute atomic E-state index is 0.0624. The van der Waals surface area contributed by atoms with Crippen LogP contribution in [0.25, 0.3) is 17.8 Å². The second kappa shape index (κ2) is 8.35. The molecule has 2 aromatic heterocycles. The number of carbonyl (C=O) groups excluding carboxylic acids is 2. The topological polar surface area (TPSA) is 122 Å². The van der Waals surface area contributed by atoms with Gasteiger partial charge < -0.3 is 9.47 Å². The lowest BCUT2D eigenvalue weighted by Crippen LogP contribution is -2.13. The number of ether oxygens (including phenoxy) is 2. The highest BCUT2D eigenvalue weighted by Gasteiger charge is 2.17. The first kappa shape index (κ1) is 19.1. The maximum atomic E-state index is 11.9. The van der Waals surface area contributed by atoms with Crippen LogP contribution in [0, 0.1) is 0 Å². The lowest BCUT2D eigenvalue weighted by molar-refractivity contribution is 0.0573. The normalized spacial score (nSPS) is 10.8. The number of halogens is 1. The number of tetrazole rings is 1. The Labute approximate surface area is 163 Å². The molecule has 0 atom stereocenters. The predicted molar refractivity (Wildman–Crippen MR) is 97.8 cm³/mol. The Bertz CT molecular complexity index is 1050. The fraction of sp³-hybridized carbons (Fsp3) is 0.118. The number of methoxy groups -OCH3 is 2. The van der Waals surface area contributed by atoms with Gasteiger partial charge in [-0.1, -0.05) is 11.6 Å². The molecule has 2 heterocycles. The molecule has 142 valence electrons. The van der Waals surface area contributed by atoms with Crippen LogP contribution in [0.1, 0.15) is 32.4 Å². The van der Waals surface area contributed by atoms with E-state index in [4.69, 9.17) is 11.6 Å². The molecule has 0 amide bonds. The van der Waals surface area contributed by atoms with Crippen molar-refractivity contribution in [2.45, 2.75) is 0 Å². The SMILES string of the molecule is COC(=O)c1cc(/C=C\c2nnn(-c3ccc(Cl)cc3)n2)c(C(=O)OC)nn1. The highest BCUT2D eigenvalue weighted by molar-refractivity contribution is 6.30. The summed E-state index contributed by atoms with van der Waals surface area (Å²) in [7, 11) is 2.43.